The van der Waals surface area contributed by atoms with Crippen molar-refractivity contribution in [2.75, 3.05) is 13.2 Å². The molecule has 2 aromatic rings. The van der Waals surface area contributed by atoms with Gasteiger partial charge in [-0.2, -0.15) is 5.26 Å². The Morgan fingerprint density at radius 2 is 1.89 bits per heavy atom. The third-order valence-electron chi connectivity index (χ3n) is 4.98. The highest BCUT2D eigenvalue weighted by Crippen LogP contribution is 2.44. The number of carbonyl (C=O) groups is 1. The summed E-state index contributed by atoms with van der Waals surface area (Å²) >= 11 is 0. The first-order valence-corrected chi connectivity index (χ1v) is 9.04. The van der Waals surface area contributed by atoms with E-state index >= 15 is 0 Å². The number of halogens is 1. The third-order valence-corrected chi connectivity index (χ3v) is 4.98. The van der Waals surface area contributed by atoms with Gasteiger partial charge in [-0.05, 0) is 23.6 Å². The van der Waals surface area contributed by atoms with Gasteiger partial charge in [-0.3, -0.25) is 0 Å². The van der Waals surface area contributed by atoms with Gasteiger partial charge in [-0.15, -0.1) is 0 Å². The minimum atomic E-state index is -0.716. The summed E-state index contributed by atoms with van der Waals surface area (Å²) < 4.78 is 14.4. The van der Waals surface area contributed by atoms with E-state index < -0.39 is 12.1 Å². The highest BCUT2D eigenvalue weighted by molar-refractivity contribution is 5.78. The maximum atomic E-state index is 14.4. The molecule has 6 heteroatoms. The molecule has 0 saturated carbocycles. The molecule has 27 heavy (non-hydrogen) atoms. The van der Waals surface area contributed by atoms with Crippen LogP contribution in [0.1, 0.15) is 24.8 Å². The molecule has 140 valence electrons. The molecule has 0 unspecified atom stereocenters. The summed E-state index contributed by atoms with van der Waals surface area (Å²) in [6.45, 7) is 2.17. The maximum absolute atomic E-state index is 14.4. The van der Waals surface area contributed by atoms with Crippen LogP contribution < -0.4 is 5.32 Å². The Bertz CT molecular complexity index is 865. The van der Waals surface area contributed by atoms with E-state index in [1.165, 1.54) is 11.0 Å². The van der Waals surface area contributed by atoms with Gasteiger partial charge in [-0.1, -0.05) is 49.4 Å². The average molecular weight is 367 g/mol. The molecule has 0 radical (unpaired) electrons. The largest absolute Gasteiger partial charge is 0.394 e. The van der Waals surface area contributed by atoms with Gasteiger partial charge in [0.2, 0.25) is 0 Å². The van der Waals surface area contributed by atoms with Gasteiger partial charge >= 0.3 is 6.03 Å². The first-order valence-electron chi connectivity index (χ1n) is 9.04. The van der Waals surface area contributed by atoms with Crippen molar-refractivity contribution in [2.24, 2.45) is 0 Å². The SMILES string of the molecule is CCCNC(=O)N1[C@H](C#N)[C@@H](c2ccccc2-c2ccccc2F)[C@@H]1CO. The number of nitrogens with one attached hydrogen (secondary N) is 1. The smallest absolute Gasteiger partial charge is 0.318 e. The van der Waals surface area contributed by atoms with Crippen LogP contribution in [0.25, 0.3) is 11.1 Å². The molecule has 0 aromatic heterocycles. The van der Waals surface area contributed by atoms with Crippen LogP contribution in [0.5, 0.6) is 0 Å². The van der Waals surface area contributed by atoms with Gasteiger partial charge < -0.3 is 15.3 Å². The fourth-order valence-electron chi connectivity index (χ4n) is 3.70. The van der Waals surface area contributed by atoms with Crippen LogP contribution in [0.2, 0.25) is 0 Å². The molecule has 1 heterocycles. The van der Waals surface area contributed by atoms with Crippen LogP contribution in [-0.4, -0.2) is 41.3 Å². The number of hydrogen-bond acceptors (Lipinski definition) is 3. The lowest BCUT2D eigenvalue weighted by Gasteiger charge is -2.51. The first-order chi connectivity index (χ1) is 13.1. The molecule has 2 aromatic carbocycles. The monoisotopic (exact) mass is 367 g/mol. The molecule has 2 amide bonds. The number of nitriles is 1. The Morgan fingerprint density at radius 1 is 1.22 bits per heavy atom. The zero-order valence-electron chi connectivity index (χ0n) is 15.1. The van der Waals surface area contributed by atoms with E-state index in [0.29, 0.717) is 17.7 Å². The molecule has 1 aliphatic rings. The molecule has 1 aliphatic heterocycles. The maximum Gasteiger partial charge on any atom is 0.318 e. The summed E-state index contributed by atoms with van der Waals surface area (Å²) in [6, 6.07) is 14.3. The second-order valence-corrected chi connectivity index (χ2v) is 6.56. The molecule has 5 nitrogen and oxygen atoms in total. The lowest BCUT2D eigenvalue weighted by atomic mass is 9.73. The fourth-order valence-corrected chi connectivity index (χ4v) is 3.70. The van der Waals surface area contributed by atoms with Gasteiger partial charge in [0.05, 0.1) is 18.7 Å². The van der Waals surface area contributed by atoms with E-state index in [1.807, 2.05) is 25.1 Å². The Hall–Kier alpha value is -2.91. The molecule has 0 bridgehead atoms. The average Bonchev–Trinajstić information content (AvgIpc) is 2.67. The van der Waals surface area contributed by atoms with E-state index in [0.717, 1.165) is 12.0 Å². The second-order valence-electron chi connectivity index (χ2n) is 6.56. The third kappa shape index (κ3) is 3.38. The van der Waals surface area contributed by atoms with Gasteiger partial charge in [-0.25, -0.2) is 9.18 Å². The molecule has 0 aliphatic carbocycles. The molecule has 1 saturated heterocycles. The Labute approximate surface area is 158 Å². The number of aliphatic hydroxyl groups excluding tert-OH is 1. The molecule has 3 rings (SSSR count). The zero-order valence-corrected chi connectivity index (χ0v) is 15.1. The summed E-state index contributed by atoms with van der Waals surface area (Å²) in [5.41, 5.74) is 1.87. The van der Waals surface area contributed by atoms with Crippen LogP contribution in [-0.2, 0) is 0 Å². The number of amides is 2. The van der Waals surface area contributed by atoms with Crippen LogP contribution in [0, 0.1) is 17.1 Å². The van der Waals surface area contributed by atoms with E-state index in [-0.39, 0.29) is 24.4 Å². The van der Waals surface area contributed by atoms with E-state index in [4.69, 9.17) is 0 Å². The van der Waals surface area contributed by atoms with Crippen molar-refractivity contribution in [1.29, 1.82) is 5.26 Å². The predicted molar refractivity (Wildman–Crippen MR) is 100 cm³/mol. The topological polar surface area (TPSA) is 76.4 Å². The zero-order chi connectivity index (χ0) is 19.4. The van der Waals surface area contributed by atoms with E-state index in [1.54, 1.807) is 24.3 Å². The summed E-state index contributed by atoms with van der Waals surface area (Å²) in [5.74, 6) is -0.737. The fraction of sp³-hybridized carbons (Fsp3) is 0.333. The summed E-state index contributed by atoms with van der Waals surface area (Å²) in [6.07, 6.45) is 0.778. The van der Waals surface area contributed by atoms with Crippen LogP contribution in [0.3, 0.4) is 0 Å². The minimum Gasteiger partial charge on any atom is -0.394 e. The molecule has 1 fully saturated rings. The van der Waals surface area contributed by atoms with Crippen molar-refractivity contribution in [3.63, 3.8) is 0 Å². The lowest BCUT2D eigenvalue weighted by molar-refractivity contribution is 0.0171. The van der Waals surface area contributed by atoms with Crippen LogP contribution in [0.15, 0.2) is 48.5 Å². The van der Waals surface area contributed by atoms with E-state index in [2.05, 4.69) is 11.4 Å². The van der Waals surface area contributed by atoms with Crippen molar-refractivity contribution < 1.29 is 14.3 Å². The lowest BCUT2D eigenvalue weighted by Crippen LogP contribution is -2.67. The van der Waals surface area contributed by atoms with E-state index in [9.17, 15) is 19.6 Å². The summed E-state index contributed by atoms with van der Waals surface area (Å²) in [5, 5.41) is 22.3. The quantitative estimate of drug-likeness (QED) is 0.852. The molecular formula is C21H22FN3O2. The summed E-state index contributed by atoms with van der Waals surface area (Å²) in [4.78, 5) is 13.8. The van der Waals surface area contributed by atoms with Gasteiger partial charge in [0.25, 0.3) is 0 Å². The number of rotatable bonds is 5. The predicted octanol–water partition coefficient (Wildman–Crippen LogP) is 3.26. The Balaban J connectivity index is 1.99. The van der Waals surface area contributed by atoms with Gasteiger partial charge in [0.1, 0.15) is 11.9 Å². The molecular weight excluding hydrogens is 345 g/mol. The van der Waals surface area contributed by atoms with Gasteiger partial charge in [0.15, 0.2) is 0 Å². The highest BCUT2D eigenvalue weighted by atomic mass is 19.1. The normalized spacial score (nSPS) is 21.3. The van der Waals surface area contributed by atoms with Crippen molar-refractivity contribution in [3.8, 4) is 17.2 Å². The number of urea groups is 1. The molecule has 0 spiro atoms. The second kappa shape index (κ2) is 8.19. The number of hydrogen-bond donors (Lipinski definition) is 2. The van der Waals surface area contributed by atoms with Crippen molar-refractivity contribution in [3.05, 3.63) is 59.9 Å². The standard InChI is InChI=1S/C21H22FN3O2/c1-2-11-24-21(27)25-18(12-23)20(19(25)13-26)16-9-4-3-7-14(16)15-8-5-6-10-17(15)22/h3-10,18-20,26H,2,11,13H2,1H3,(H,24,27)/t18-,19+,20-/m1/s1. The van der Waals surface area contributed by atoms with Crippen molar-refractivity contribution in [2.45, 2.75) is 31.3 Å². The summed E-state index contributed by atoms with van der Waals surface area (Å²) in [7, 11) is 0. The van der Waals surface area contributed by atoms with Crippen LogP contribution >= 0.6 is 0 Å². The number of likely N-dealkylation sites (tertiary alicyclic amines) is 1. The Kier molecular flexibility index (Phi) is 5.72. The number of benzene rings is 2. The van der Waals surface area contributed by atoms with Gasteiger partial charge in [0, 0.05) is 18.0 Å². The number of nitrogens with zero attached hydrogens (tertiary/aromatic N) is 2. The molecule has 2 N–H and O–H groups in total. The van der Waals surface area contributed by atoms with Crippen molar-refractivity contribution >= 4 is 6.03 Å². The molecule has 3 atom stereocenters. The highest BCUT2D eigenvalue weighted by Gasteiger charge is 2.52. The Morgan fingerprint density at radius 3 is 2.52 bits per heavy atom. The van der Waals surface area contributed by atoms with Crippen LogP contribution in [0.4, 0.5) is 9.18 Å². The number of aliphatic hydroxyl groups is 1. The van der Waals surface area contributed by atoms with Crippen molar-refractivity contribution in [1.82, 2.24) is 10.2 Å². The first kappa shape index (κ1) is 18.9. The minimum absolute atomic E-state index is 0.270. The number of carbonyl (C=O) groups excluding carboxylic acids is 1.